The van der Waals surface area contributed by atoms with E-state index in [1.54, 1.807) is 11.8 Å². The van der Waals surface area contributed by atoms with Crippen molar-refractivity contribution in [2.45, 2.75) is 18.7 Å². The van der Waals surface area contributed by atoms with Gasteiger partial charge in [0.1, 0.15) is 0 Å². The minimum atomic E-state index is -0.0698. The molecule has 0 aliphatic rings. The largest absolute Gasteiger partial charge is 0.321 e. The van der Waals surface area contributed by atoms with Crippen LogP contribution < -0.4 is 5.32 Å². The quantitative estimate of drug-likeness (QED) is 0.632. The molecule has 2 rings (SSSR count). The van der Waals surface area contributed by atoms with Crippen molar-refractivity contribution in [3.8, 4) is 0 Å². The van der Waals surface area contributed by atoms with Gasteiger partial charge >= 0.3 is 0 Å². The first-order valence-electron chi connectivity index (χ1n) is 6.83. The van der Waals surface area contributed by atoms with Crippen LogP contribution >= 0.6 is 11.8 Å². The Bertz CT molecular complexity index is 644. The zero-order chi connectivity index (χ0) is 15.2. The summed E-state index contributed by atoms with van der Waals surface area (Å²) in [4.78, 5) is 13.5. The summed E-state index contributed by atoms with van der Waals surface area (Å²) >= 11 is 1.62. The lowest BCUT2D eigenvalue weighted by molar-refractivity contribution is 0.102. The van der Waals surface area contributed by atoms with E-state index in [1.165, 1.54) is 0 Å². The SMILES string of the molecule is C=CCSc1ccccc1C(=O)Nc1c(C)cccc1C. The van der Waals surface area contributed by atoms with E-state index >= 15 is 0 Å². The maximum Gasteiger partial charge on any atom is 0.256 e. The van der Waals surface area contributed by atoms with Crippen molar-refractivity contribution in [3.63, 3.8) is 0 Å². The van der Waals surface area contributed by atoms with Crippen molar-refractivity contribution in [2.75, 3.05) is 11.1 Å². The van der Waals surface area contributed by atoms with Gasteiger partial charge in [-0.05, 0) is 37.1 Å². The lowest BCUT2D eigenvalue weighted by atomic mass is 10.1. The third kappa shape index (κ3) is 3.76. The molecule has 0 unspecified atom stereocenters. The Morgan fingerprint density at radius 2 is 1.81 bits per heavy atom. The number of anilines is 1. The van der Waals surface area contributed by atoms with E-state index in [0.717, 1.165) is 27.5 Å². The number of nitrogens with one attached hydrogen (secondary N) is 1. The highest BCUT2D eigenvalue weighted by molar-refractivity contribution is 7.99. The Hall–Kier alpha value is -2.00. The summed E-state index contributed by atoms with van der Waals surface area (Å²) in [7, 11) is 0. The summed E-state index contributed by atoms with van der Waals surface area (Å²) in [5.41, 5.74) is 3.73. The Kier molecular flexibility index (Phi) is 5.23. The average molecular weight is 297 g/mol. The van der Waals surface area contributed by atoms with Crippen LogP contribution in [0, 0.1) is 13.8 Å². The van der Waals surface area contributed by atoms with E-state index in [2.05, 4.69) is 11.9 Å². The van der Waals surface area contributed by atoms with Crippen LogP contribution in [0.2, 0.25) is 0 Å². The molecular weight excluding hydrogens is 278 g/mol. The molecule has 0 aromatic heterocycles. The molecule has 0 saturated carbocycles. The highest BCUT2D eigenvalue weighted by Gasteiger charge is 2.13. The minimum Gasteiger partial charge on any atom is -0.321 e. The predicted molar refractivity (Wildman–Crippen MR) is 91.2 cm³/mol. The van der Waals surface area contributed by atoms with Gasteiger partial charge in [-0.2, -0.15) is 0 Å². The zero-order valence-corrected chi connectivity index (χ0v) is 13.2. The Morgan fingerprint density at radius 1 is 1.14 bits per heavy atom. The fraction of sp³-hybridized carbons (Fsp3) is 0.167. The number of rotatable bonds is 5. The van der Waals surface area contributed by atoms with Gasteiger partial charge in [0.15, 0.2) is 0 Å². The molecule has 0 atom stereocenters. The van der Waals surface area contributed by atoms with Crippen molar-refractivity contribution in [3.05, 3.63) is 71.8 Å². The number of aryl methyl sites for hydroxylation is 2. The van der Waals surface area contributed by atoms with Crippen LogP contribution in [0.25, 0.3) is 0 Å². The molecule has 1 amide bonds. The zero-order valence-electron chi connectivity index (χ0n) is 12.3. The molecule has 2 aromatic rings. The van der Waals surface area contributed by atoms with Gasteiger partial charge in [-0.1, -0.05) is 36.4 Å². The fourth-order valence-corrected chi connectivity index (χ4v) is 2.91. The van der Waals surface area contributed by atoms with Crippen LogP contribution in [0.4, 0.5) is 5.69 Å². The number of benzene rings is 2. The third-order valence-corrected chi connectivity index (χ3v) is 4.28. The molecule has 1 N–H and O–H groups in total. The van der Waals surface area contributed by atoms with Gasteiger partial charge < -0.3 is 5.32 Å². The first-order valence-corrected chi connectivity index (χ1v) is 7.82. The number of carbonyl (C=O) groups excluding carboxylic acids is 1. The molecule has 21 heavy (non-hydrogen) atoms. The van der Waals surface area contributed by atoms with Crippen LogP contribution in [0.15, 0.2) is 60.0 Å². The average Bonchev–Trinajstić information content (AvgIpc) is 2.49. The first-order chi connectivity index (χ1) is 10.1. The van der Waals surface area contributed by atoms with Gasteiger partial charge in [0.25, 0.3) is 5.91 Å². The molecule has 0 fully saturated rings. The van der Waals surface area contributed by atoms with E-state index in [0.29, 0.717) is 5.56 Å². The van der Waals surface area contributed by atoms with Gasteiger partial charge in [-0.25, -0.2) is 0 Å². The smallest absolute Gasteiger partial charge is 0.256 e. The Labute approximate surface area is 130 Å². The van der Waals surface area contributed by atoms with Crippen LogP contribution in [-0.2, 0) is 0 Å². The number of hydrogen-bond acceptors (Lipinski definition) is 2. The van der Waals surface area contributed by atoms with E-state index in [1.807, 2.05) is 62.4 Å². The number of amides is 1. The molecule has 0 spiro atoms. The van der Waals surface area contributed by atoms with Gasteiger partial charge in [0.05, 0.1) is 5.56 Å². The molecule has 0 saturated heterocycles. The molecule has 0 radical (unpaired) electrons. The summed E-state index contributed by atoms with van der Waals surface area (Å²) in [6, 6.07) is 13.6. The maximum atomic E-state index is 12.6. The fourth-order valence-electron chi connectivity index (χ4n) is 2.12. The summed E-state index contributed by atoms with van der Waals surface area (Å²) < 4.78 is 0. The van der Waals surface area contributed by atoms with Crippen molar-refractivity contribution >= 4 is 23.4 Å². The second-order valence-electron chi connectivity index (χ2n) is 4.82. The van der Waals surface area contributed by atoms with E-state index in [9.17, 15) is 4.79 Å². The van der Waals surface area contributed by atoms with E-state index in [4.69, 9.17) is 0 Å². The molecule has 108 valence electrons. The first kappa shape index (κ1) is 15.4. The van der Waals surface area contributed by atoms with E-state index < -0.39 is 0 Å². The summed E-state index contributed by atoms with van der Waals surface area (Å²) in [6.07, 6.45) is 1.84. The lowest BCUT2D eigenvalue weighted by Crippen LogP contribution is -2.14. The summed E-state index contributed by atoms with van der Waals surface area (Å²) in [5.74, 6) is 0.716. The number of thioether (sulfide) groups is 1. The van der Waals surface area contributed by atoms with Gasteiger partial charge in [-0.15, -0.1) is 18.3 Å². The molecule has 0 aliphatic carbocycles. The molecule has 0 heterocycles. The normalized spacial score (nSPS) is 10.2. The predicted octanol–water partition coefficient (Wildman–Crippen LogP) is 4.83. The summed E-state index contributed by atoms with van der Waals surface area (Å²) in [5, 5.41) is 3.03. The Balaban J connectivity index is 2.26. The Morgan fingerprint density at radius 3 is 2.48 bits per heavy atom. The topological polar surface area (TPSA) is 29.1 Å². The van der Waals surface area contributed by atoms with E-state index in [-0.39, 0.29) is 5.91 Å². The number of hydrogen-bond donors (Lipinski definition) is 1. The lowest BCUT2D eigenvalue weighted by Gasteiger charge is -2.13. The second-order valence-corrected chi connectivity index (χ2v) is 5.88. The molecule has 2 aromatic carbocycles. The molecule has 3 heteroatoms. The number of para-hydroxylation sites is 1. The molecule has 2 nitrogen and oxygen atoms in total. The van der Waals surface area contributed by atoms with Crippen LogP contribution in [0.1, 0.15) is 21.5 Å². The minimum absolute atomic E-state index is 0.0698. The van der Waals surface area contributed by atoms with Crippen LogP contribution in [0.3, 0.4) is 0 Å². The van der Waals surface area contributed by atoms with Crippen molar-refractivity contribution in [2.24, 2.45) is 0 Å². The monoisotopic (exact) mass is 297 g/mol. The highest BCUT2D eigenvalue weighted by atomic mass is 32.2. The highest BCUT2D eigenvalue weighted by Crippen LogP contribution is 2.25. The standard InChI is InChI=1S/C18H19NOS/c1-4-12-21-16-11-6-5-10-15(16)18(20)19-17-13(2)8-7-9-14(17)3/h4-11H,1,12H2,2-3H3,(H,19,20). The van der Waals surface area contributed by atoms with Gasteiger partial charge in [-0.3, -0.25) is 4.79 Å². The van der Waals surface area contributed by atoms with Crippen molar-refractivity contribution < 1.29 is 4.79 Å². The van der Waals surface area contributed by atoms with Crippen LogP contribution in [-0.4, -0.2) is 11.7 Å². The van der Waals surface area contributed by atoms with Crippen LogP contribution in [0.5, 0.6) is 0 Å². The number of carbonyl (C=O) groups is 1. The second kappa shape index (κ2) is 7.14. The summed E-state index contributed by atoms with van der Waals surface area (Å²) in [6.45, 7) is 7.72. The maximum absolute atomic E-state index is 12.6. The third-order valence-electron chi connectivity index (χ3n) is 3.21. The van der Waals surface area contributed by atoms with Gasteiger partial charge in [0, 0.05) is 16.3 Å². The molecular formula is C18H19NOS. The molecule has 0 bridgehead atoms. The van der Waals surface area contributed by atoms with Crippen molar-refractivity contribution in [1.29, 1.82) is 0 Å². The van der Waals surface area contributed by atoms with Gasteiger partial charge in [0.2, 0.25) is 0 Å². The molecule has 0 aliphatic heterocycles. The van der Waals surface area contributed by atoms with Crippen molar-refractivity contribution in [1.82, 2.24) is 0 Å².